The molecule has 9 nitrogen and oxygen atoms in total. The Morgan fingerprint density at radius 3 is 2.38 bits per heavy atom. The van der Waals surface area contributed by atoms with E-state index in [1.54, 1.807) is 18.3 Å². The van der Waals surface area contributed by atoms with Crippen LogP contribution >= 0.6 is 11.3 Å². The predicted molar refractivity (Wildman–Crippen MR) is 151 cm³/mol. The van der Waals surface area contributed by atoms with Gasteiger partial charge in [0.2, 0.25) is 5.88 Å². The first-order valence-corrected chi connectivity index (χ1v) is 13.2. The fraction of sp³-hybridized carbons (Fsp3) is 0.214. The van der Waals surface area contributed by atoms with Gasteiger partial charge in [-0.1, -0.05) is 13.0 Å². The highest BCUT2D eigenvalue weighted by atomic mass is 32.1. The topological polar surface area (TPSA) is 108 Å². The number of methoxy groups -OCH3 is 1. The molecule has 0 amide bonds. The quantitative estimate of drug-likeness (QED) is 0.303. The van der Waals surface area contributed by atoms with Crippen LogP contribution in [0.15, 0.2) is 64.4 Å². The van der Waals surface area contributed by atoms with Gasteiger partial charge in [0.25, 0.3) is 5.56 Å². The molecular formula is C28H26F2N6O3S. The van der Waals surface area contributed by atoms with Crippen molar-refractivity contribution >= 4 is 27.4 Å². The van der Waals surface area contributed by atoms with E-state index in [4.69, 9.17) is 10.5 Å². The van der Waals surface area contributed by atoms with E-state index in [0.717, 1.165) is 16.7 Å². The molecule has 4 heterocycles. The minimum absolute atomic E-state index is 0.192. The molecule has 40 heavy (non-hydrogen) atoms. The number of nitrogens with zero attached hydrogens (tertiary/aromatic N) is 5. The van der Waals surface area contributed by atoms with Crippen LogP contribution in [0, 0.1) is 11.6 Å². The maximum Gasteiger partial charge on any atom is 0.337 e. The number of anilines is 1. The Balaban J connectivity index is 1.89. The third-order valence-electron chi connectivity index (χ3n) is 6.66. The number of nitrogen functional groups attached to an aromatic ring is 1. The number of ether oxygens (including phenoxy) is 1. The van der Waals surface area contributed by atoms with Crippen LogP contribution in [0.1, 0.15) is 18.1 Å². The summed E-state index contributed by atoms with van der Waals surface area (Å²) in [5, 5.41) is 0.268. The number of nitrogens with two attached hydrogens (primary N) is 1. The molecule has 0 radical (unpaired) electrons. The van der Waals surface area contributed by atoms with Crippen molar-refractivity contribution in [2.75, 3.05) is 26.4 Å². The first kappa shape index (κ1) is 27.2. The number of fused-ring (bicyclic) bond motifs is 1. The minimum Gasteiger partial charge on any atom is -0.481 e. The van der Waals surface area contributed by atoms with Gasteiger partial charge in [-0.2, -0.15) is 0 Å². The molecule has 0 unspecified atom stereocenters. The van der Waals surface area contributed by atoms with Gasteiger partial charge in [-0.3, -0.25) is 9.36 Å². The van der Waals surface area contributed by atoms with Gasteiger partial charge < -0.3 is 15.4 Å². The Hall–Kier alpha value is -4.42. The molecular weight excluding hydrogens is 538 g/mol. The van der Waals surface area contributed by atoms with E-state index in [9.17, 15) is 18.4 Å². The van der Waals surface area contributed by atoms with Crippen molar-refractivity contribution in [3.8, 4) is 22.0 Å². The number of thiophene rings is 1. The first-order valence-electron chi connectivity index (χ1n) is 12.4. The molecule has 4 aromatic heterocycles. The van der Waals surface area contributed by atoms with Crippen molar-refractivity contribution in [2.45, 2.75) is 20.0 Å². The zero-order valence-corrected chi connectivity index (χ0v) is 22.8. The second kappa shape index (κ2) is 11.0. The van der Waals surface area contributed by atoms with Crippen LogP contribution < -0.4 is 21.7 Å². The van der Waals surface area contributed by atoms with Crippen molar-refractivity contribution in [3.63, 3.8) is 0 Å². The lowest BCUT2D eigenvalue weighted by Crippen LogP contribution is -2.39. The lowest BCUT2D eigenvalue weighted by atomic mass is 10.1. The number of rotatable bonds is 8. The second-order valence-corrected chi connectivity index (χ2v) is 10.2. The fourth-order valence-electron chi connectivity index (χ4n) is 4.41. The monoisotopic (exact) mass is 564 g/mol. The van der Waals surface area contributed by atoms with Gasteiger partial charge in [0.1, 0.15) is 22.3 Å². The first-order chi connectivity index (χ1) is 19.2. The van der Waals surface area contributed by atoms with E-state index in [-0.39, 0.29) is 16.6 Å². The Kier molecular flexibility index (Phi) is 7.46. The molecule has 0 spiro atoms. The van der Waals surface area contributed by atoms with Crippen LogP contribution in [0.25, 0.3) is 26.3 Å². The molecule has 0 aliphatic carbocycles. The van der Waals surface area contributed by atoms with Crippen LogP contribution in [0.4, 0.5) is 14.6 Å². The summed E-state index contributed by atoms with van der Waals surface area (Å²) in [6.45, 7) is 2.61. The van der Waals surface area contributed by atoms with Crippen molar-refractivity contribution < 1.29 is 13.5 Å². The summed E-state index contributed by atoms with van der Waals surface area (Å²) in [4.78, 5) is 39.4. The molecule has 0 saturated carbocycles. The normalized spacial score (nSPS) is 11.4. The summed E-state index contributed by atoms with van der Waals surface area (Å²) in [5.74, 6) is -0.965. The van der Waals surface area contributed by atoms with Gasteiger partial charge in [-0.05, 0) is 49.5 Å². The molecule has 206 valence electrons. The molecule has 1 aromatic carbocycles. The second-order valence-electron chi connectivity index (χ2n) is 9.16. The van der Waals surface area contributed by atoms with Crippen molar-refractivity contribution in [1.82, 2.24) is 24.0 Å². The summed E-state index contributed by atoms with van der Waals surface area (Å²) in [6.07, 6.45) is 2.94. The minimum atomic E-state index is -0.797. The number of pyridine rings is 2. The van der Waals surface area contributed by atoms with Crippen molar-refractivity contribution in [1.29, 1.82) is 0 Å². The van der Waals surface area contributed by atoms with E-state index in [1.165, 1.54) is 47.4 Å². The van der Waals surface area contributed by atoms with Crippen LogP contribution in [0.3, 0.4) is 0 Å². The van der Waals surface area contributed by atoms with E-state index in [0.29, 0.717) is 45.6 Å². The Morgan fingerprint density at radius 1 is 1.02 bits per heavy atom. The molecule has 0 aliphatic rings. The van der Waals surface area contributed by atoms with Gasteiger partial charge >= 0.3 is 5.69 Å². The molecule has 2 N–H and O–H groups in total. The highest BCUT2D eigenvalue weighted by Gasteiger charge is 2.25. The van der Waals surface area contributed by atoms with Gasteiger partial charge in [-0.25, -0.2) is 28.1 Å². The van der Waals surface area contributed by atoms with Gasteiger partial charge in [-0.15, -0.1) is 11.3 Å². The lowest BCUT2D eigenvalue weighted by Gasteiger charge is -2.16. The number of hydrogen-bond acceptors (Lipinski definition) is 8. The molecule has 12 heteroatoms. The number of aromatic nitrogens is 4. The standard InChI is InChI=1S/C28H26F2N6O3S/c1-4-34(2)14-19-24-26(37)36(17-9-11-23(39-3)33-13-17)28(38)35(15-18-20(29)6-5-7-21(18)30)27(24)40-25(19)16-8-10-22(31)32-12-16/h5-13H,4,14-15H2,1-3H3,(H2,31,32). The van der Waals surface area contributed by atoms with Gasteiger partial charge in [0.15, 0.2) is 0 Å². The maximum atomic E-state index is 14.8. The molecule has 5 rings (SSSR count). The van der Waals surface area contributed by atoms with Crippen LogP contribution in [0.5, 0.6) is 5.88 Å². The Morgan fingerprint density at radius 2 is 1.77 bits per heavy atom. The number of benzene rings is 1. The summed E-state index contributed by atoms with van der Waals surface area (Å²) in [7, 11) is 3.36. The molecule has 5 aromatic rings. The molecule has 0 bridgehead atoms. The summed E-state index contributed by atoms with van der Waals surface area (Å²) in [6, 6.07) is 10.0. The third kappa shape index (κ3) is 4.87. The predicted octanol–water partition coefficient (Wildman–Crippen LogP) is 4.04. The SMILES string of the molecule is CCN(C)Cc1c(-c2ccc(N)nc2)sc2c1c(=O)n(-c1ccc(OC)nc1)c(=O)n2Cc1c(F)cccc1F. The highest BCUT2D eigenvalue weighted by molar-refractivity contribution is 7.22. The maximum absolute atomic E-state index is 14.8. The van der Waals surface area contributed by atoms with Crippen LogP contribution in [-0.4, -0.2) is 44.7 Å². The Labute approximate surface area is 231 Å². The zero-order valence-electron chi connectivity index (χ0n) is 22.0. The highest BCUT2D eigenvalue weighted by Crippen LogP contribution is 2.38. The number of halogens is 2. The van der Waals surface area contributed by atoms with Gasteiger partial charge in [0, 0.05) is 34.8 Å². The van der Waals surface area contributed by atoms with Crippen molar-refractivity contribution in [3.05, 3.63) is 98.5 Å². The molecule has 0 aliphatic heterocycles. The van der Waals surface area contributed by atoms with E-state index >= 15 is 0 Å². The average molecular weight is 565 g/mol. The van der Waals surface area contributed by atoms with Gasteiger partial charge in [0.05, 0.1) is 30.9 Å². The fourth-order valence-corrected chi connectivity index (χ4v) is 5.70. The molecule has 0 atom stereocenters. The molecule has 0 fully saturated rings. The lowest BCUT2D eigenvalue weighted by molar-refractivity contribution is 0.347. The largest absolute Gasteiger partial charge is 0.481 e. The van der Waals surface area contributed by atoms with Crippen molar-refractivity contribution in [2.24, 2.45) is 0 Å². The zero-order chi connectivity index (χ0) is 28.6. The average Bonchev–Trinajstić information content (AvgIpc) is 3.32. The van der Waals surface area contributed by atoms with E-state index in [2.05, 4.69) is 9.97 Å². The summed E-state index contributed by atoms with van der Waals surface area (Å²) >= 11 is 1.19. The number of hydrogen-bond donors (Lipinski definition) is 1. The smallest absolute Gasteiger partial charge is 0.337 e. The third-order valence-corrected chi connectivity index (χ3v) is 7.96. The van der Waals surface area contributed by atoms with E-state index in [1.807, 2.05) is 18.9 Å². The van der Waals surface area contributed by atoms with Crippen LogP contribution in [0.2, 0.25) is 0 Å². The van der Waals surface area contributed by atoms with E-state index < -0.39 is 29.4 Å². The van der Waals surface area contributed by atoms with Crippen LogP contribution in [-0.2, 0) is 13.1 Å². The summed E-state index contributed by atoms with van der Waals surface area (Å²) < 4.78 is 36.9. The molecule has 0 saturated heterocycles. The summed E-state index contributed by atoms with van der Waals surface area (Å²) in [5.41, 5.74) is 5.74. The Bertz CT molecular complexity index is 1790.